The smallest absolute Gasteiger partial charge is 0.327 e. The molecule has 122 valence electrons. The molecule has 1 aromatic heterocycles. The molecule has 1 aromatic carbocycles. The van der Waals surface area contributed by atoms with E-state index in [9.17, 15) is 4.79 Å². The molecule has 2 aromatic rings. The molecule has 23 heavy (non-hydrogen) atoms. The van der Waals surface area contributed by atoms with Gasteiger partial charge in [-0.05, 0) is 31.4 Å². The zero-order valence-corrected chi connectivity index (χ0v) is 13.7. The van der Waals surface area contributed by atoms with E-state index in [-0.39, 0.29) is 12.0 Å². The molecule has 2 atom stereocenters. The van der Waals surface area contributed by atoms with Gasteiger partial charge in [0.05, 0.1) is 13.7 Å². The molecule has 1 N–H and O–H groups in total. The summed E-state index contributed by atoms with van der Waals surface area (Å²) in [6.45, 7) is 4.63. The Balaban J connectivity index is 1.80. The number of hydrogen-bond donors (Lipinski definition) is 1. The number of esters is 1. The van der Waals surface area contributed by atoms with Crippen LogP contribution in [0.1, 0.15) is 35.2 Å². The summed E-state index contributed by atoms with van der Waals surface area (Å²) in [6, 6.07) is 7.59. The number of hydrogen-bond acceptors (Lipinski definition) is 5. The van der Waals surface area contributed by atoms with E-state index in [0.29, 0.717) is 0 Å². The Morgan fingerprint density at radius 3 is 2.91 bits per heavy atom. The number of nitrogens with zero attached hydrogens (tertiary/aromatic N) is 3. The third-order valence-electron chi connectivity index (χ3n) is 4.30. The van der Waals surface area contributed by atoms with Crippen LogP contribution in [-0.4, -0.2) is 33.9 Å². The van der Waals surface area contributed by atoms with Gasteiger partial charge in [0, 0.05) is 12.5 Å². The molecular formula is C17H22N4O2. The number of aryl methyl sites for hydroxylation is 3. The van der Waals surface area contributed by atoms with Crippen molar-refractivity contribution in [2.24, 2.45) is 0 Å². The van der Waals surface area contributed by atoms with Crippen molar-refractivity contribution in [2.45, 2.75) is 45.3 Å². The van der Waals surface area contributed by atoms with Gasteiger partial charge in [0.1, 0.15) is 17.7 Å². The average Bonchev–Trinajstić information content (AvgIpc) is 2.92. The third kappa shape index (κ3) is 3.27. The lowest BCUT2D eigenvalue weighted by Crippen LogP contribution is -2.43. The molecule has 0 radical (unpaired) electrons. The van der Waals surface area contributed by atoms with Gasteiger partial charge >= 0.3 is 5.97 Å². The van der Waals surface area contributed by atoms with E-state index in [1.807, 2.05) is 42.8 Å². The second-order valence-corrected chi connectivity index (χ2v) is 5.97. The molecular weight excluding hydrogens is 292 g/mol. The number of nitrogens with one attached hydrogen (secondary N) is 1. The molecule has 0 fully saturated rings. The summed E-state index contributed by atoms with van der Waals surface area (Å²) in [5.74, 6) is 1.55. The first kappa shape index (κ1) is 15.7. The molecule has 1 aliphatic rings. The minimum absolute atomic E-state index is 0.160. The second-order valence-electron chi connectivity index (χ2n) is 5.97. The summed E-state index contributed by atoms with van der Waals surface area (Å²) in [5, 5.41) is 7.86. The predicted molar refractivity (Wildman–Crippen MR) is 85.9 cm³/mol. The van der Waals surface area contributed by atoms with Gasteiger partial charge in [-0.15, -0.1) is 0 Å². The highest BCUT2D eigenvalue weighted by molar-refractivity contribution is 5.78. The number of fused-ring (bicyclic) bond motifs is 1. The Kier molecular flexibility index (Phi) is 4.43. The summed E-state index contributed by atoms with van der Waals surface area (Å²) in [7, 11) is 1.43. The average molecular weight is 314 g/mol. The molecule has 1 aliphatic heterocycles. The first-order chi connectivity index (χ1) is 11.1. The van der Waals surface area contributed by atoms with Crippen molar-refractivity contribution in [1.82, 2.24) is 20.1 Å². The normalized spacial score (nSPS) is 18.3. The fourth-order valence-electron chi connectivity index (χ4n) is 3.12. The highest BCUT2D eigenvalue weighted by atomic mass is 16.5. The van der Waals surface area contributed by atoms with Gasteiger partial charge < -0.3 is 4.74 Å². The van der Waals surface area contributed by atoms with E-state index in [0.717, 1.165) is 42.2 Å². The van der Waals surface area contributed by atoms with E-state index in [4.69, 9.17) is 4.74 Å². The highest BCUT2D eigenvalue weighted by Crippen LogP contribution is 2.22. The Bertz CT molecular complexity index is 710. The monoisotopic (exact) mass is 314 g/mol. The zero-order valence-electron chi connectivity index (χ0n) is 13.7. The quantitative estimate of drug-likeness (QED) is 0.870. The second kappa shape index (κ2) is 6.50. The molecule has 6 nitrogen and oxygen atoms in total. The summed E-state index contributed by atoms with van der Waals surface area (Å²) in [6.07, 6.45) is 1.79. The van der Waals surface area contributed by atoms with E-state index >= 15 is 0 Å². The molecule has 2 heterocycles. The number of aromatic nitrogens is 3. The van der Waals surface area contributed by atoms with Gasteiger partial charge in [-0.3, -0.25) is 5.32 Å². The van der Waals surface area contributed by atoms with Gasteiger partial charge in [-0.25, -0.2) is 14.5 Å². The van der Waals surface area contributed by atoms with Crippen molar-refractivity contribution in [1.29, 1.82) is 0 Å². The standard InChI is InChI=1S/C17H22N4O2/c1-11-6-4-5-7-14(11)16(17(22)23-3)19-13-8-9-15-18-12(2)20-21(15)10-13/h4-7,13,16,19H,8-10H2,1-3H3/t13-,16+/m0/s1. The van der Waals surface area contributed by atoms with E-state index in [2.05, 4.69) is 15.4 Å². The van der Waals surface area contributed by atoms with Gasteiger partial charge in [-0.2, -0.15) is 5.10 Å². The number of ether oxygens (including phenoxy) is 1. The number of methoxy groups -OCH3 is 1. The Morgan fingerprint density at radius 1 is 1.39 bits per heavy atom. The summed E-state index contributed by atoms with van der Waals surface area (Å²) in [4.78, 5) is 16.7. The van der Waals surface area contributed by atoms with Crippen LogP contribution in [0.25, 0.3) is 0 Å². The Labute approximate surface area is 135 Å². The first-order valence-electron chi connectivity index (χ1n) is 7.88. The maximum Gasteiger partial charge on any atom is 0.327 e. The van der Waals surface area contributed by atoms with E-state index < -0.39 is 6.04 Å². The van der Waals surface area contributed by atoms with Crippen LogP contribution in [0.15, 0.2) is 24.3 Å². The maximum absolute atomic E-state index is 12.3. The highest BCUT2D eigenvalue weighted by Gasteiger charge is 2.28. The van der Waals surface area contributed by atoms with Gasteiger partial charge in [0.15, 0.2) is 0 Å². The maximum atomic E-state index is 12.3. The number of benzene rings is 1. The Morgan fingerprint density at radius 2 is 2.17 bits per heavy atom. The van der Waals surface area contributed by atoms with Gasteiger partial charge in [0.25, 0.3) is 0 Å². The minimum atomic E-state index is -0.461. The van der Waals surface area contributed by atoms with Crippen LogP contribution in [0.4, 0.5) is 0 Å². The zero-order chi connectivity index (χ0) is 16.4. The summed E-state index contributed by atoms with van der Waals surface area (Å²) < 4.78 is 6.93. The topological polar surface area (TPSA) is 69.0 Å². The minimum Gasteiger partial charge on any atom is -0.468 e. The first-order valence-corrected chi connectivity index (χ1v) is 7.88. The van der Waals surface area contributed by atoms with Crippen molar-refractivity contribution in [3.05, 3.63) is 47.0 Å². The number of rotatable bonds is 4. The molecule has 0 amide bonds. The van der Waals surface area contributed by atoms with Gasteiger partial charge in [-0.1, -0.05) is 24.3 Å². The lowest BCUT2D eigenvalue weighted by atomic mass is 9.99. The SMILES string of the molecule is COC(=O)[C@H](N[C@H]1CCc2nc(C)nn2C1)c1ccccc1C. The largest absolute Gasteiger partial charge is 0.468 e. The number of carbonyl (C=O) groups is 1. The molecule has 6 heteroatoms. The fraction of sp³-hybridized carbons (Fsp3) is 0.471. The van der Waals surface area contributed by atoms with Crippen LogP contribution in [0, 0.1) is 13.8 Å². The predicted octanol–water partition coefficient (Wildman–Crippen LogP) is 1.71. The lowest BCUT2D eigenvalue weighted by molar-refractivity contribution is -0.143. The molecule has 3 rings (SSSR count). The van der Waals surface area contributed by atoms with Crippen molar-refractivity contribution in [3.8, 4) is 0 Å². The van der Waals surface area contributed by atoms with Crippen LogP contribution in [0.3, 0.4) is 0 Å². The van der Waals surface area contributed by atoms with Crippen molar-refractivity contribution in [3.63, 3.8) is 0 Å². The van der Waals surface area contributed by atoms with Crippen molar-refractivity contribution in [2.75, 3.05) is 7.11 Å². The van der Waals surface area contributed by atoms with E-state index in [1.165, 1.54) is 7.11 Å². The number of carbonyl (C=O) groups excluding carboxylic acids is 1. The van der Waals surface area contributed by atoms with Crippen molar-refractivity contribution >= 4 is 5.97 Å². The van der Waals surface area contributed by atoms with Crippen LogP contribution in [0.2, 0.25) is 0 Å². The molecule has 0 spiro atoms. The van der Waals surface area contributed by atoms with Crippen LogP contribution < -0.4 is 5.32 Å². The van der Waals surface area contributed by atoms with Crippen LogP contribution in [0.5, 0.6) is 0 Å². The molecule has 0 unspecified atom stereocenters. The lowest BCUT2D eigenvalue weighted by Gasteiger charge is -2.28. The molecule has 0 saturated carbocycles. The van der Waals surface area contributed by atoms with Crippen molar-refractivity contribution < 1.29 is 9.53 Å². The Hall–Kier alpha value is -2.21. The third-order valence-corrected chi connectivity index (χ3v) is 4.30. The molecule has 0 aliphatic carbocycles. The summed E-state index contributed by atoms with van der Waals surface area (Å²) >= 11 is 0. The van der Waals surface area contributed by atoms with Crippen LogP contribution in [-0.2, 0) is 22.5 Å². The molecule has 0 bridgehead atoms. The summed E-state index contributed by atoms with van der Waals surface area (Å²) in [5.41, 5.74) is 2.03. The van der Waals surface area contributed by atoms with Gasteiger partial charge in [0.2, 0.25) is 0 Å². The van der Waals surface area contributed by atoms with Crippen LogP contribution >= 0.6 is 0 Å². The molecule has 0 saturated heterocycles. The fourth-order valence-corrected chi connectivity index (χ4v) is 3.12. The van der Waals surface area contributed by atoms with E-state index in [1.54, 1.807) is 0 Å².